The Morgan fingerprint density at radius 2 is 2.08 bits per heavy atom. The largest absolute Gasteiger partial charge is 0.508 e. The highest BCUT2D eigenvalue weighted by atomic mass is 35.5. The van der Waals surface area contributed by atoms with Gasteiger partial charge in [-0.05, 0) is 37.8 Å². The molecule has 2 saturated heterocycles. The molecule has 0 unspecified atom stereocenters. The van der Waals surface area contributed by atoms with E-state index < -0.39 is 12.0 Å². The number of phenolic OH excluding ortho intramolecular Hbond substituents is 1. The molecular formula is C17H20Cl2N2O4. The molecule has 0 saturated carbocycles. The Labute approximate surface area is 155 Å². The average molecular weight is 387 g/mol. The fourth-order valence-corrected chi connectivity index (χ4v) is 4.24. The van der Waals surface area contributed by atoms with Crippen LogP contribution in [0.1, 0.15) is 31.2 Å². The monoisotopic (exact) mass is 386 g/mol. The molecule has 0 aliphatic carbocycles. The van der Waals surface area contributed by atoms with E-state index in [0.717, 1.165) is 0 Å². The predicted molar refractivity (Wildman–Crippen MR) is 93.9 cm³/mol. The molecule has 2 aliphatic rings. The van der Waals surface area contributed by atoms with Gasteiger partial charge in [-0.1, -0.05) is 23.2 Å². The van der Waals surface area contributed by atoms with E-state index in [9.17, 15) is 19.8 Å². The maximum absolute atomic E-state index is 12.4. The lowest BCUT2D eigenvalue weighted by Gasteiger charge is -2.46. The second kappa shape index (κ2) is 7.02. The number of rotatable bonds is 2. The molecule has 8 heteroatoms. The Morgan fingerprint density at radius 1 is 1.36 bits per heavy atom. The minimum Gasteiger partial charge on any atom is -0.508 e. The van der Waals surface area contributed by atoms with Crippen LogP contribution in [0.2, 0.25) is 10.0 Å². The molecule has 2 aliphatic heterocycles. The number of carbonyl (C=O) groups excluding carboxylic acids is 2. The lowest BCUT2D eigenvalue weighted by Crippen LogP contribution is -2.61. The number of benzene rings is 1. The third kappa shape index (κ3) is 3.43. The molecule has 3 rings (SSSR count). The molecule has 2 N–H and O–H groups in total. The highest BCUT2D eigenvalue weighted by molar-refractivity contribution is 6.42. The number of halogens is 2. The summed E-state index contributed by atoms with van der Waals surface area (Å²) in [5, 5.41) is 20.4. The molecule has 0 aromatic heterocycles. The highest BCUT2D eigenvalue weighted by Crippen LogP contribution is 2.43. The molecule has 1 aromatic rings. The number of phenols is 1. The molecular weight excluding hydrogens is 367 g/mol. The zero-order valence-corrected chi connectivity index (χ0v) is 15.3. The van der Waals surface area contributed by atoms with Crippen molar-refractivity contribution in [3.63, 3.8) is 0 Å². The number of amides is 2. The third-order valence-corrected chi connectivity index (χ3v) is 5.80. The third-order valence-electron chi connectivity index (χ3n) is 4.98. The molecule has 0 bridgehead atoms. The van der Waals surface area contributed by atoms with E-state index in [1.165, 1.54) is 17.9 Å². The molecule has 0 radical (unpaired) electrons. The molecule has 3 atom stereocenters. The fourth-order valence-electron chi connectivity index (χ4n) is 3.76. The second-order valence-corrected chi connectivity index (χ2v) is 7.44. The number of aliphatic hydroxyl groups is 1. The van der Waals surface area contributed by atoms with Crippen molar-refractivity contribution < 1.29 is 19.8 Å². The number of piperidine rings is 1. The Kier molecular flexibility index (Phi) is 5.14. The van der Waals surface area contributed by atoms with Gasteiger partial charge >= 0.3 is 0 Å². The predicted octanol–water partition coefficient (Wildman–Crippen LogP) is 2.00. The number of aliphatic hydroxyl groups excluding tert-OH is 1. The summed E-state index contributed by atoms with van der Waals surface area (Å²) in [6.45, 7) is 2.29. The highest BCUT2D eigenvalue weighted by Gasteiger charge is 2.40. The van der Waals surface area contributed by atoms with E-state index in [2.05, 4.69) is 0 Å². The topological polar surface area (TPSA) is 81.1 Å². The van der Waals surface area contributed by atoms with Crippen LogP contribution in [0, 0.1) is 0 Å². The number of piperazine rings is 1. The zero-order chi connectivity index (χ0) is 18.3. The molecule has 136 valence electrons. The van der Waals surface area contributed by atoms with Gasteiger partial charge in [-0.25, -0.2) is 0 Å². The van der Waals surface area contributed by atoms with Crippen LogP contribution in [0.4, 0.5) is 0 Å². The van der Waals surface area contributed by atoms with Crippen molar-refractivity contribution in [2.75, 3.05) is 19.6 Å². The molecule has 1 aromatic carbocycles. The summed E-state index contributed by atoms with van der Waals surface area (Å²) in [5.74, 6) is -0.530. The molecule has 6 nitrogen and oxygen atoms in total. The summed E-state index contributed by atoms with van der Waals surface area (Å²) < 4.78 is 0. The van der Waals surface area contributed by atoms with Gasteiger partial charge in [-0.3, -0.25) is 9.59 Å². The van der Waals surface area contributed by atoms with Gasteiger partial charge in [0.25, 0.3) is 5.91 Å². The van der Waals surface area contributed by atoms with Gasteiger partial charge in [0.2, 0.25) is 5.91 Å². The van der Waals surface area contributed by atoms with Gasteiger partial charge in [-0.2, -0.15) is 0 Å². The molecule has 25 heavy (non-hydrogen) atoms. The second-order valence-electron chi connectivity index (χ2n) is 6.65. The van der Waals surface area contributed by atoms with E-state index in [4.69, 9.17) is 23.2 Å². The molecule has 2 amide bonds. The number of fused-ring (bicyclic) bond motifs is 1. The lowest BCUT2D eigenvalue weighted by atomic mass is 9.83. The first-order valence-electron chi connectivity index (χ1n) is 8.22. The smallest absolute Gasteiger partial charge is 0.251 e. The number of hydrogen-bond donors (Lipinski definition) is 2. The summed E-state index contributed by atoms with van der Waals surface area (Å²) >= 11 is 12.4. The molecule has 2 fully saturated rings. The van der Waals surface area contributed by atoms with Crippen LogP contribution in [-0.4, -0.2) is 63.6 Å². The SMILES string of the molecule is C[C@@H](O)C(=O)N1CC(=O)N2CC[C@@H](c3c(O)ccc(Cl)c3Cl)C[C@H]2C1. The summed E-state index contributed by atoms with van der Waals surface area (Å²) in [5.41, 5.74) is 0.597. The first kappa shape index (κ1) is 18.3. The Bertz CT molecular complexity index is 710. The van der Waals surface area contributed by atoms with Gasteiger partial charge in [0.15, 0.2) is 0 Å². The first-order valence-corrected chi connectivity index (χ1v) is 8.98. The Morgan fingerprint density at radius 3 is 2.76 bits per heavy atom. The lowest BCUT2D eigenvalue weighted by molar-refractivity contribution is -0.154. The van der Waals surface area contributed by atoms with Gasteiger partial charge in [0.1, 0.15) is 11.9 Å². The van der Waals surface area contributed by atoms with E-state index in [1.54, 1.807) is 11.0 Å². The first-order chi connectivity index (χ1) is 11.8. The number of nitrogens with zero attached hydrogens (tertiary/aromatic N) is 2. The van der Waals surface area contributed by atoms with Crippen LogP contribution in [-0.2, 0) is 9.59 Å². The van der Waals surface area contributed by atoms with E-state index in [1.807, 2.05) is 0 Å². The number of carbonyl (C=O) groups is 2. The fraction of sp³-hybridized carbons (Fsp3) is 0.529. The molecule has 2 heterocycles. The maximum atomic E-state index is 12.4. The van der Waals surface area contributed by atoms with E-state index >= 15 is 0 Å². The van der Waals surface area contributed by atoms with Crippen molar-refractivity contribution in [3.8, 4) is 5.75 Å². The average Bonchev–Trinajstić information content (AvgIpc) is 2.57. The summed E-state index contributed by atoms with van der Waals surface area (Å²) in [7, 11) is 0. The Balaban J connectivity index is 1.83. The van der Waals surface area contributed by atoms with Gasteiger partial charge in [-0.15, -0.1) is 0 Å². The summed E-state index contributed by atoms with van der Waals surface area (Å²) in [6, 6.07) is 2.90. The van der Waals surface area contributed by atoms with Crippen molar-refractivity contribution in [3.05, 3.63) is 27.7 Å². The van der Waals surface area contributed by atoms with Gasteiger partial charge < -0.3 is 20.0 Å². The summed E-state index contributed by atoms with van der Waals surface area (Å²) in [6.07, 6.45) is 0.105. The standard InChI is InChI=1S/C17H20Cl2N2O4/c1-9(22)17(25)20-7-11-6-10(4-5-21(11)14(24)8-20)15-13(23)3-2-12(18)16(15)19/h2-3,9-11,22-23H,4-8H2,1H3/t9-,10-,11+/m1/s1. The van der Waals surface area contributed by atoms with E-state index in [0.29, 0.717) is 41.5 Å². The quantitative estimate of drug-likeness (QED) is 0.814. The van der Waals surface area contributed by atoms with Crippen LogP contribution >= 0.6 is 23.2 Å². The molecule has 0 spiro atoms. The van der Waals surface area contributed by atoms with Crippen molar-refractivity contribution in [1.29, 1.82) is 0 Å². The minimum absolute atomic E-state index is 0.00588. The van der Waals surface area contributed by atoms with E-state index in [-0.39, 0.29) is 30.2 Å². The van der Waals surface area contributed by atoms with Gasteiger partial charge in [0, 0.05) is 24.7 Å². The van der Waals surface area contributed by atoms with Crippen molar-refractivity contribution >= 4 is 35.0 Å². The van der Waals surface area contributed by atoms with Crippen molar-refractivity contribution in [1.82, 2.24) is 9.80 Å². The van der Waals surface area contributed by atoms with Crippen LogP contribution < -0.4 is 0 Å². The van der Waals surface area contributed by atoms with Gasteiger partial charge in [0.05, 0.1) is 16.6 Å². The van der Waals surface area contributed by atoms with Crippen LogP contribution in [0.3, 0.4) is 0 Å². The maximum Gasteiger partial charge on any atom is 0.251 e. The summed E-state index contributed by atoms with van der Waals surface area (Å²) in [4.78, 5) is 27.6. The zero-order valence-electron chi connectivity index (χ0n) is 13.8. The minimum atomic E-state index is -1.13. The van der Waals surface area contributed by atoms with Crippen molar-refractivity contribution in [2.24, 2.45) is 0 Å². The Hall–Kier alpha value is -1.50. The van der Waals surface area contributed by atoms with Crippen LogP contribution in [0.25, 0.3) is 0 Å². The normalized spacial score (nSPS) is 24.9. The van der Waals surface area contributed by atoms with Crippen molar-refractivity contribution in [2.45, 2.75) is 37.8 Å². The number of hydrogen-bond acceptors (Lipinski definition) is 4. The van der Waals surface area contributed by atoms with Crippen LogP contribution in [0.15, 0.2) is 12.1 Å². The number of aromatic hydroxyl groups is 1. The van der Waals surface area contributed by atoms with Crippen LogP contribution in [0.5, 0.6) is 5.75 Å².